The standard InChI is InChI=1S/C20H24N4O3/c1-21-18(26)16-14-24-12-9-22-19(24)20(27-16)7-10-23(11-8-20)17(25)13-15-5-3-2-4-6-15/h2-6,9,12,16H,7-8,10-11,13-14H2,1H3,(H,21,26). The van der Waals surface area contributed by atoms with Gasteiger partial charge in [-0.05, 0) is 5.56 Å². The Labute approximate surface area is 158 Å². The first kappa shape index (κ1) is 17.7. The van der Waals surface area contributed by atoms with Crippen molar-refractivity contribution in [3.63, 3.8) is 0 Å². The summed E-state index contributed by atoms with van der Waals surface area (Å²) in [7, 11) is 1.62. The van der Waals surface area contributed by atoms with Crippen LogP contribution in [0.1, 0.15) is 24.2 Å². The van der Waals surface area contributed by atoms with Gasteiger partial charge in [0.15, 0.2) is 6.10 Å². The molecule has 0 bridgehead atoms. The van der Waals surface area contributed by atoms with Gasteiger partial charge in [0.1, 0.15) is 11.4 Å². The van der Waals surface area contributed by atoms with Crippen LogP contribution in [0.15, 0.2) is 42.7 Å². The van der Waals surface area contributed by atoms with E-state index >= 15 is 0 Å². The molecule has 2 aliphatic rings. The first-order valence-corrected chi connectivity index (χ1v) is 9.34. The summed E-state index contributed by atoms with van der Waals surface area (Å²) in [5, 5.41) is 2.67. The third-order valence-electron chi connectivity index (χ3n) is 5.51. The van der Waals surface area contributed by atoms with Crippen molar-refractivity contribution in [1.29, 1.82) is 0 Å². The molecule has 3 heterocycles. The maximum atomic E-state index is 12.7. The molecule has 7 heteroatoms. The fourth-order valence-corrected chi connectivity index (χ4v) is 4.04. The van der Waals surface area contributed by atoms with Gasteiger partial charge in [0, 0.05) is 45.4 Å². The zero-order chi connectivity index (χ0) is 18.9. The molecule has 0 radical (unpaired) electrons. The molecule has 142 valence electrons. The highest BCUT2D eigenvalue weighted by molar-refractivity contribution is 5.80. The summed E-state index contributed by atoms with van der Waals surface area (Å²) in [5.74, 6) is 0.854. The molecule has 2 aromatic rings. The maximum Gasteiger partial charge on any atom is 0.250 e. The number of aromatic nitrogens is 2. The molecule has 4 rings (SSSR count). The van der Waals surface area contributed by atoms with Crippen molar-refractivity contribution < 1.29 is 14.3 Å². The number of carbonyl (C=O) groups excluding carboxylic acids is 2. The minimum absolute atomic E-state index is 0.123. The molecule has 2 amide bonds. The van der Waals surface area contributed by atoms with E-state index in [1.807, 2.05) is 46.0 Å². The monoisotopic (exact) mass is 368 g/mol. The van der Waals surface area contributed by atoms with Crippen LogP contribution in [0, 0.1) is 0 Å². The molecule has 1 aromatic carbocycles. The van der Waals surface area contributed by atoms with Crippen molar-refractivity contribution >= 4 is 11.8 Å². The molecule has 1 spiro atoms. The van der Waals surface area contributed by atoms with Crippen LogP contribution in [0.5, 0.6) is 0 Å². The van der Waals surface area contributed by atoms with Crippen LogP contribution in [0.25, 0.3) is 0 Å². The molecule has 1 aromatic heterocycles. The summed E-state index contributed by atoms with van der Waals surface area (Å²) in [6.07, 6.45) is 4.78. The summed E-state index contributed by atoms with van der Waals surface area (Å²) in [5.41, 5.74) is 0.412. The Morgan fingerprint density at radius 3 is 2.70 bits per heavy atom. The topological polar surface area (TPSA) is 76.5 Å². The number of nitrogens with zero attached hydrogens (tertiary/aromatic N) is 3. The van der Waals surface area contributed by atoms with Crippen LogP contribution in [-0.2, 0) is 32.9 Å². The Morgan fingerprint density at radius 2 is 2.00 bits per heavy atom. The van der Waals surface area contributed by atoms with Crippen molar-refractivity contribution in [3.05, 3.63) is 54.1 Å². The van der Waals surface area contributed by atoms with E-state index in [9.17, 15) is 9.59 Å². The summed E-state index contributed by atoms with van der Waals surface area (Å²) in [4.78, 5) is 31.2. The lowest BCUT2D eigenvalue weighted by molar-refractivity contribution is -0.175. The second-order valence-electron chi connectivity index (χ2n) is 7.16. The molecule has 27 heavy (non-hydrogen) atoms. The normalized spacial score (nSPS) is 20.9. The Hall–Kier alpha value is -2.67. The van der Waals surface area contributed by atoms with Gasteiger partial charge >= 0.3 is 0 Å². The number of likely N-dealkylation sites (tertiary alicyclic amines) is 1. The summed E-state index contributed by atoms with van der Waals surface area (Å²) in [6.45, 7) is 1.66. The van der Waals surface area contributed by atoms with E-state index in [0.717, 1.165) is 11.4 Å². The van der Waals surface area contributed by atoms with Crippen molar-refractivity contribution in [2.75, 3.05) is 20.1 Å². The van der Waals surface area contributed by atoms with Crippen molar-refractivity contribution in [1.82, 2.24) is 19.8 Å². The Morgan fingerprint density at radius 1 is 1.26 bits per heavy atom. The average molecular weight is 368 g/mol. The number of piperidine rings is 1. The van der Waals surface area contributed by atoms with E-state index in [0.29, 0.717) is 38.9 Å². The number of benzene rings is 1. The number of ether oxygens (including phenoxy) is 1. The van der Waals surface area contributed by atoms with Gasteiger partial charge in [0.2, 0.25) is 5.91 Å². The molecule has 7 nitrogen and oxygen atoms in total. The van der Waals surface area contributed by atoms with E-state index < -0.39 is 11.7 Å². The van der Waals surface area contributed by atoms with Crippen molar-refractivity contribution in [2.24, 2.45) is 0 Å². The molecule has 1 unspecified atom stereocenters. The fraction of sp³-hybridized carbons (Fsp3) is 0.450. The van der Waals surface area contributed by atoms with E-state index in [2.05, 4.69) is 10.3 Å². The molecule has 1 fully saturated rings. The molecule has 0 aliphatic carbocycles. The largest absolute Gasteiger partial charge is 0.357 e. The number of hydrogen-bond donors (Lipinski definition) is 1. The van der Waals surface area contributed by atoms with Crippen LogP contribution < -0.4 is 5.32 Å². The lowest BCUT2D eigenvalue weighted by atomic mass is 9.88. The molecule has 2 aliphatic heterocycles. The van der Waals surface area contributed by atoms with Crippen molar-refractivity contribution in [3.8, 4) is 0 Å². The summed E-state index contributed by atoms with van der Waals surface area (Å²) < 4.78 is 8.27. The van der Waals surface area contributed by atoms with Crippen molar-refractivity contribution in [2.45, 2.75) is 37.5 Å². The number of likely N-dealkylation sites (N-methyl/N-ethyl adjacent to an activating group) is 1. The minimum Gasteiger partial charge on any atom is -0.357 e. The first-order chi connectivity index (χ1) is 13.1. The van der Waals surface area contributed by atoms with Gasteiger partial charge in [-0.15, -0.1) is 0 Å². The zero-order valence-electron chi connectivity index (χ0n) is 15.4. The van der Waals surface area contributed by atoms with Gasteiger partial charge in [-0.25, -0.2) is 4.98 Å². The number of amides is 2. The van der Waals surface area contributed by atoms with E-state index in [-0.39, 0.29) is 11.8 Å². The van der Waals surface area contributed by atoms with Gasteiger partial charge in [0.05, 0.1) is 13.0 Å². The highest BCUT2D eigenvalue weighted by atomic mass is 16.5. The van der Waals surface area contributed by atoms with Crippen LogP contribution in [0.4, 0.5) is 0 Å². The number of carbonyl (C=O) groups is 2. The smallest absolute Gasteiger partial charge is 0.250 e. The molecule has 1 saturated heterocycles. The second kappa shape index (κ2) is 7.15. The molecular formula is C20H24N4O3. The van der Waals surface area contributed by atoms with E-state index in [1.54, 1.807) is 13.2 Å². The Balaban J connectivity index is 1.47. The quantitative estimate of drug-likeness (QED) is 0.880. The van der Waals surface area contributed by atoms with E-state index in [4.69, 9.17) is 4.74 Å². The number of nitrogens with one attached hydrogen (secondary N) is 1. The lowest BCUT2D eigenvalue weighted by Crippen LogP contribution is -2.54. The van der Waals surface area contributed by atoms with Gasteiger partial charge in [-0.1, -0.05) is 30.3 Å². The molecule has 1 atom stereocenters. The average Bonchev–Trinajstić information content (AvgIpc) is 3.18. The SMILES string of the molecule is CNC(=O)C1Cn2ccnc2C2(CCN(C(=O)Cc3ccccc3)CC2)O1. The highest BCUT2D eigenvalue weighted by Crippen LogP contribution is 2.40. The number of imidazole rings is 1. The summed E-state index contributed by atoms with van der Waals surface area (Å²) in [6, 6.07) is 9.78. The number of rotatable bonds is 3. The molecule has 0 saturated carbocycles. The minimum atomic E-state index is -0.609. The van der Waals surface area contributed by atoms with Crippen LogP contribution in [0.2, 0.25) is 0 Å². The lowest BCUT2D eigenvalue weighted by Gasteiger charge is -2.45. The van der Waals surface area contributed by atoms with Gasteiger partial charge in [-0.2, -0.15) is 0 Å². The highest BCUT2D eigenvalue weighted by Gasteiger charge is 2.47. The van der Waals surface area contributed by atoms with Crippen LogP contribution >= 0.6 is 0 Å². The maximum absolute atomic E-state index is 12.7. The predicted octanol–water partition coefficient (Wildman–Crippen LogP) is 1.09. The molecule has 1 N–H and O–H groups in total. The number of fused-ring (bicyclic) bond motifs is 2. The molecular weight excluding hydrogens is 344 g/mol. The van der Waals surface area contributed by atoms with Gasteiger partial charge in [0.25, 0.3) is 5.91 Å². The number of hydrogen-bond acceptors (Lipinski definition) is 4. The van der Waals surface area contributed by atoms with Crippen LogP contribution in [0.3, 0.4) is 0 Å². The first-order valence-electron chi connectivity index (χ1n) is 9.34. The third-order valence-corrected chi connectivity index (χ3v) is 5.51. The van der Waals surface area contributed by atoms with Gasteiger partial charge in [-0.3, -0.25) is 9.59 Å². The Bertz CT molecular complexity index is 825. The zero-order valence-corrected chi connectivity index (χ0v) is 15.4. The predicted molar refractivity (Wildman–Crippen MR) is 98.8 cm³/mol. The Kier molecular flexibility index (Phi) is 4.70. The third kappa shape index (κ3) is 3.35. The second-order valence-corrected chi connectivity index (χ2v) is 7.16. The summed E-state index contributed by atoms with van der Waals surface area (Å²) >= 11 is 0. The van der Waals surface area contributed by atoms with Gasteiger partial charge < -0.3 is 19.5 Å². The van der Waals surface area contributed by atoms with E-state index in [1.165, 1.54) is 0 Å². The van der Waals surface area contributed by atoms with Crippen LogP contribution in [-0.4, -0.2) is 52.5 Å². The fourth-order valence-electron chi connectivity index (χ4n) is 4.04.